The smallest absolute Gasteiger partial charge is 0.318 e. The molecule has 2 aromatic rings. The lowest BCUT2D eigenvalue weighted by Gasteiger charge is -2.30. The number of pyridine rings is 1. The minimum atomic E-state index is -0.210. The van der Waals surface area contributed by atoms with E-state index in [9.17, 15) is 4.79 Å². The number of aromatic nitrogens is 3. The molecular formula is C18H27N5O. The number of imidazole rings is 1. The van der Waals surface area contributed by atoms with Crippen molar-refractivity contribution >= 4 is 6.03 Å². The predicted molar refractivity (Wildman–Crippen MR) is 94.4 cm³/mol. The van der Waals surface area contributed by atoms with Crippen LogP contribution in [0.1, 0.15) is 39.2 Å². The molecule has 2 aromatic heterocycles. The van der Waals surface area contributed by atoms with E-state index in [4.69, 9.17) is 0 Å². The summed E-state index contributed by atoms with van der Waals surface area (Å²) in [7, 11) is 0. The van der Waals surface area contributed by atoms with Crippen LogP contribution in [0.15, 0.2) is 43.2 Å². The SMILES string of the molecule is CCC(C)(C)NC(=O)N(CCCn1ccnc1)Cc1ccncc1. The number of nitrogens with one attached hydrogen (secondary N) is 1. The van der Waals surface area contributed by atoms with Crippen molar-refractivity contribution in [1.29, 1.82) is 0 Å². The Balaban J connectivity index is 1.98. The molecule has 6 nitrogen and oxygen atoms in total. The summed E-state index contributed by atoms with van der Waals surface area (Å²) in [6.07, 6.45) is 10.8. The van der Waals surface area contributed by atoms with Gasteiger partial charge in [-0.1, -0.05) is 6.92 Å². The van der Waals surface area contributed by atoms with Crippen LogP contribution in [0.25, 0.3) is 0 Å². The lowest BCUT2D eigenvalue weighted by Crippen LogP contribution is -2.49. The van der Waals surface area contributed by atoms with E-state index >= 15 is 0 Å². The molecule has 0 unspecified atom stereocenters. The molecule has 0 saturated heterocycles. The molecule has 2 heterocycles. The van der Waals surface area contributed by atoms with Crippen molar-refractivity contribution in [3.05, 3.63) is 48.8 Å². The fourth-order valence-corrected chi connectivity index (χ4v) is 2.28. The van der Waals surface area contributed by atoms with Crippen molar-refractivity contribution in [2.75, 3.05) is 6.54 Å². The first-order chi connectivity index (χ1) is 11.5. The van der Waals surface area contributed by atoms with Crippen LogP contribution in [0.4, 0.5) is 4.79 Å². The quantitative estimate of drug-likeness (QED) is 0.809. The number of carbonyl (C=O) groups is 1. The predicted octanol–water partition coefficient (Wildman–Crippen LogP) is 3.07. The number of hydrogen-bond donors (Lipinski definition) is 1. The molecule has 130 valence electrons. The van der Waals surface area contributed by atoms with Gasteiger partial charge in [0.2, 0.25) is 0 Å². The average molecular weight is 329 g/mol. The van der Waals surface area contributed by atoms with Crippen molar-refractivity contribution in [3.8, 4) is 0 Å². The molecule has 2 rings (SSSR count). The summed E-state index contributed by atoms with van der Waals surface area (Å²) < 4.78 is 2.03. The molecule has 0 aromatic carbocycles. The minimum absolute atomic E-state index is 0.0238. The third kappa shape index (κ3) is 5.68. The molecule has 0 saturated carbocycles. The lowest BCUT2D eigenvalue weighted by atomic mass is 10.0. The topological polar surface area (TPSA) is 63.1 Å². The van der Waals surface area contributed by atoms with E-state index in [-0.39, 0.29) is 11.6 Å². The number of aryl methyl sites for hydroxylation is 1. The summed E-state index contributed by atoms with van der Waals surface area (Å²) in [4.78, 5) is 22.6. The molecule has 1 N–H and O–H groups in total. The van der Waals surface area contributed by atoms with Crippen LogP contribution < -0.4 is 5.32 Å². The maximum Gasteiger partial charge on any atom is 0.318 e. The summed E-state index contributed by atoms with van der Waals surface area (Å²) >= 11 is 0. The Morgan fingerprint density at radius 3 is 2.62 bits per heavy atom. The second kappa shape index (κ2) is 8.47. The molecule has 0 atom stereocenters. The monoisotopic (exact) mass is 329 g/mol. The highest BCUT2D eigenvalue weighted by atomic mass is 16.2. The van der Waals surface area contributed by atoms with Gasteiger partial charge in [-0.3, -0.25) is 4.98 Å². The highest BCUT2D eigenvalue weighted by molar-refractivity contribution is 5.75. The van der Waals surface area contributed by atoms with E-state index in [0.717, 1.165) is 24.9 Å². The number of nitrogens with zero attached hydrogens (tertiary/aromatic N) is 4. The van der Waals surface area contributed by atoms with Gasteiger partial charge in [0.05, 0.1) is 6.33 Å². The van der Waals surface area contributed by atoms with Crippen LogP contribution in [0.2, 0.25) is 0 Å². The molecule has 6 heteroatoms. The maximum absolute atomic E-state index is 12.7. The number of hydrogen-bond acceptors (Lipinski definition) is 3. The summed E-state index contributed by atoms with van der Waals surface area (Å²) in [5.74, 6) is 0. The standard InChI is InChI=1S/C18H27N5O/c1-4-18(2,3)21-17(24)23(14-16-6-8-19-9-7-16)12-5-11-22-13-10-20-15-22/h6-10,13,15H,4-5,11-12,14H2,1-3H3,(H,21,24). The van der Waals surface area contributed by atoms with Crippen LogP contribution in [-0.2, 0) is 13.1 Å². The number of amides is 2. The zero-order valence-corrected chi connectivity index (χ0v) is 14.8. The van der Waals surface area contributed by atoms with Crippen molar-refractivity contribution in [2.45, 2.75) is 52.2 Å². The van der Waals surface area contributed by atoms with Crippen molar-refractivity contribution < 1.29 is 4.79 Å². The molecule has 0 bridgehead atoms. The molecule has 0 spiro atoms. The van der Waals surface area contributed by atoms with Gasteiger partial charge < -0.3 is 14.8 Å². The van der Waals surface area contributed by atoms with Gasteiger partial charge in [0.15, 0.2) is 0 Å². The second-order valence-electron chi connectivity index (χ2n) is 6.60. The van der Waals surface area contributed by atoms with Gasteiger partial charge in [0, 0.05) is 50.0 Å². The Hall–Kier alpha value is -2.37. The van der Waals surface area contributed by atoms with Gasteiger partial charge in [0.1, 0.15) is 0 Å². The minimum Gasteiger partial charge on any atom is -0.337 e. The van der Waals surface area contributed by atoms with E-state index in [1.807, 2.05) is 41.6 Å². The van der Waals surface area contributed by atoms with Crippen molar-refractivity contribution in [3.63, 3.8) is 0 Å². The van der Waals surface area contributed by atoms with Gasteiger partial charge in [-0.2, -0.15) is 0 Å². The average Bonchev–Trinajstić information content (AvgIpc) is 3.08. The molecule has 2 amide bonds. The van der Waals surface area contributed by atoms with Gasteiger partial charge >= 0.3 is 6.03 Å². The maximum atomic E-state index is 12.7. The molecule has 0 aliphatic carbocycles. The Labute approximate surface area is 143 Å². The van der Waals surface area contributed by atoms with Gasteiger partial charge in [-0.15, -0.1) is 0 Å². The normalized spacial score (nSPS) is 11.3. The van der Waals surface area contributed by atoms with Crippen LogP contribution in [0.3, 0.4) is 0 Å². The Morgan fingerprint density at radius 1 is 1.25 bits per heavy atom. The fraction of sp³-hybridized carbons (Fsp3) is 0.500. The number of rotatable bonds is 8. The van der Waals surface area contributed by atoms with Crippen LogP contribution >= 0.6 is 0 Å². The molecular weight excluding hydrogens is 302 g/mol. The molecule has 0 radical (unpaired) electrons. The lowest BCUT2D eigenvalue weighted by molar-refractivity contribution is 0.181. The summed E-state index contributed by atoms with van der Waals surface area (Å²) in [6.45, 7) is 8.27. The molecule has 0 aliphatic heterocycles. The van der Waals surface area contributed by atoms with E-state index < -0.39 is 0 Å². The van der Waals surface area contributed by atoms with Crippen molar-refractivity contribution in [2.24, 2.45) is 0 Å². The third-order valence-electron chi connectivity index (χ3n) is 4.14. The zero-order valence-electron chi connectivity index (χ0n) is 14.8. The number of carbonyl (C=O) groups excluding carboxylic acids is 1. The first kappa shape index (κ1) is 18.0. The van der Waals surface area contributed by atoms with E-state index in [1.165, 1.54) is 0 Å². The second-order valence-corrected chi connectivity index (χ2v) is 6.60. The van der Waals surface area contributed by atoms with E-state index in [2.05, 4.69) is 22.2 Å². The highest BCUT2D eigenvalue weighted by Gasteiger charge is 2.22. The zero-order chi connectivity index (χ0) is 17.4. The van der Waals surface area contributed by atoms with Gasteiger partial charge in [0.25, 0.3) is 0 Å². The number of urea groups is 1. The van der Waals surface area contributed by atoms with Gasteiger partial charge in [-0.05, 0) is 44.4 Å². The summed E-state index contributed by atoms with van der Waals surface area (Å²) in [5.41, 5.74) is 0.870. The van der Waals surface area contributed by atoms with Crippen LogP contribution in [0, 0.1) is 0 Å². The first-order valence-electron chi connectivity index (χ1n) is 8.42. The summed E-state index contributed by atoms with van der Waals surface area (Å²) in [6, 6.07) is 3.87. The van der Waals surface area contributed by atoms with E-state index in [0.29, 0.717) is 13.1 Å². The van der Waals surface area contributed by atoms with Crippen molar-refractivity contribution in [1.82, 2.24) is 24.8 Å². The highest BCUT2D eigenvalue weighted by Crippen LogP contribution is 2.11. The summed E-state index contributed by atoms with van der Waals surface area (Å²) in [5, 5.41) is 3.12. The Kier molecular flexibility index (Phi) is 6.35. The largest absolute Gasteiger partial charge is 0.337 e. The molecule has 0 aliphatic rings. The van der Waals surface area contributed by atoms with Crippen LogP contribution in [-0.4, -0.2) is 37.5 Å². The Bertz CT molecular complexity index is 610. The fourth-order valence-electron chi connectivity index (χ4n) is 2.28. The molecule has 24 heavy (non-hydrogen) atoms. The van der Waals surface area contributed by atoms with Gasteiger partial charge in [-0.25, -0.2) is 9.78 Å². The Morgan fingerprint density at radius 2 is 2.00 bits per heavy atom. The van der Waals surface area contributed by atoms with E-state index in [1.54, 1.807) is 24.9 Å². The first-order valence-corrected chi connectivity index (χ1v) is 8.42. The van der Waals surface area contributed by atoms with Crippen LogP contribution in [0.5, 0.6) is 0 Å². The third-order valence-corrected chi connectivity index (χ3v) is 4.14. The molecule has 0 fully saturated rings.